The number of benzene rings is 2. The molecule has 0 amide bonds. The molecule has 3 heteroatoms. The maximum absolute atomic E-state index is 5.25. The summed E-state index contributed by atoms with van der Waals surface area (Å²) in [5, 5.41) is 2.15. The van der Waals surface area contributed by atoms with Crippen molar-refractivity contribution in [1.29, 1.82) is 0 Å². The molecular weight excluding hydrogens is 360 g/mol. The number of aliphatic imine (C=N–C) groups is 1. The molecule has 142 valence electrons. The van der Waals surface area contributed by atoms with Crippen LogP contribution in [0.25, 0.3) is 0 Å². The normalized spacial score (nSPS) is 25.5. The molecule has 1 atom stereocenters. The molecule has 2 nitrogen and oxygen atoms in total. The Morgan fingerprint density at radius 3 is 2.07 bits per heavy atom. The summed E-state index contributed by atoms with van der Waals surface area (Å²) in [7, 11) is 0. The summed E-state index contributed by atoms with van der Waals surface area (Å²) in [5.74, 6) is 0.984. The van der Waals surface area contributed by atoms with E-state index < -0.39 is 0 Å². The fourth-order valence-electron chi connectivity index (χ4n) is 4.96. The lowest BCUT2D eigenvalue weighted by molar-refractivity contribution is 0.135. The first kappa shape index (κ1) is 17.8. The van der Waals surface area contributed by atoms with Gasteiger partial charge in [0.2, 0.25) is 0 Å². The van der Waals surface area contributed by atoms with E-state index in [0.717, 1.165) is 6.54 Å². The fraction of sp³-hybridized carbons (Fsp3) is 0.320. The lowest BCUT2D eigenvalue weighted by atomic mass is 9.72. The highest BCUT2D eigenvalue weighted by molar-refractivity contribution is 7.09. The van der Waals surface area contributed by atoms with Crippen molar-refractivity contribution in [3.63, 3.8) is 0 Å². The van der Waals surface area contributed by atoms with Crippen LogP contribution in [0, 0.1) is 5.92 Å². The van der Waals surface area contributed by atoms with Gasteiger partial charge in [-0.2, -0.15) is 0 Å². The largest absolute Gasteiger partial charge is 0.294 e. The van der Waals surface area contributed by atoms with Crippen molar-refractivity contribution >= 4 is 17.0 Å². The zero-order valence-corrected chi connectivity index (χ0v) is 16.9. The van der Waals surface area contributed by atoms with E-state index in [0.29, 0.717) is 17.9 Å². The smallest absolute Gasteiger partial charge is 0.0732 e. The van der Waals surface area contributed by atoms with E-state index >= 15 is 0 Å². The quantitative estimate of drug-likeness (QED) is 0.556. The standard InChI is InChI=1S/C25H26N2S/c1-3-8-19(9-4-1)23(20-10-5-2-6-11-20)25-24(21-13-15-27(25)16-14-21)26-18-22-12-7-17-28-22/h1-12,17,21,23,25H,13-16,18H2/b26-24+. The summed E-state index contributed by atoms with van der Waals surface area (Å²) in [6.45, 7) is 3.22. The minimum Gasteiger partial charge on any atom is -0.294 e. The number of hydrogen-bond acceptors (Lipinski definition) is 3. The molecule has 0 radical (unpaired) electrons. The molecule has 1 unspecified atom stereocenters. The Morgan fingerprint density at radius 2 is 1.50 bits per heavy atom. The molecule has 6 rings (SSSR count). The van der Waals surface area contributed by atoms with E-state index in [9.17, 15) is 0 Å². The summed E-state index contributed by atoms with van der Waals surface area (Å²) in [6, 6.07) is 26.8. The van der Waals surface area contributed by atoms with Crippen LogP contribution in [0.1, 0.15) is 34.8 Å². The number of hydrogen-bond donors (Lipinski definition) is 0. The van der Waals surface area contributed by atoms with E-state index in [1.54, 1.807) is 0 Å². The van der Waals surface area contributed by atoms with Gasteiger partial charge in [0.25, 0.3) is 0 Å². The third-order valence-electron chi connectivity index (χ3n) is 6.27. The minimum atomic E-state index is 0.340. The highest BCUT2D eigenvalue weighted by Gasteiger charge is 2.43. The van der Waals surface area contributed by atoms with Crippen LogP contribution in [0.15, 0.2) is 83.2 Å². The Balaban J connectivity index is 1.58. The van der Waals surface area contributed by atoms with Crippen LogP contribution in [-0.4, -0.2) is 29.7 Å². The Hall–Kier alpha value is -2.23. The Morgan fingerprint density at radius 1 is 0.857 bits per heavy atom. The van der Waals surface area contributed by atoms with Crippen LogP contribution in [-0.2, 0) is 6.54 Å². The molecule has 3 aliphatic rings. The fourth-order valence-corrected chi connectivity index (χ4v) is 5.58. The summed E-state index contributed by atoms with van der Waals surface area (Å²) in [4.78, 5) is 9.30. The van der Waals surface area contributed by atoms with Crippen molar-refractivity contribution in [2.45, 2.75) is 31.3 Å². The van der Waals surface area contributed by atoms with Gasteiger partial charge in [-0.25, -0.2) is 0 Å². The maximum atomic E-state index is 5.25. The molecule has 2 bridgehead atoms. The third kappa shape index (κ3) is 3.45. The van der Waals surface area contributed by atoms with Gasteiger partial charge < -0.3 is 0 Å². The van der Waals surface area contributed by atoms with Gasteiger partial charge in [0, 0.05) is 22.4 Å². The molecule has 3 saturated heterocycles. The van der Waals surface area contributed by atoms with Gasteiger partial charge in [-0.05, 0) is 48.5 Å². The lowest BCUT2D eigenvalue weighted by Crippen LogP contribution is -2.57. The van der Waals surface area contributed by atoms with Gasteiger partial charge in [0.15, 0.2) is 0 Å². The monoisotopic (exact) mass is 386 g/mol. The summed E-state index contributed by atoms with van der Waals surface area (Å²) < 4.78 is 0. The first-order valence-corrected chi connectivity index (χ1v) is 11.2. The number of rotatable bonds is 5. The zero-order chi connectivity index (χ0) is 18.8. The predicted octanol–water partition coefficient (Wildman–Crippen LogP) is 5.62. The topological polar surface area (TPSA) is 15.6 Å². The number of piperidine rings is 3. The Labute approximate surface area is 171 Å². The van der Waals surface area contributed by atoms with Crippen LogP contribution in [0.4, 0.5) is 0 Å². The molecule has 0 saturated carbocycles. The molecule has 0 N–H and O–H groups in total. The Bertz CT molecular complexity index is 870. The average molecular weight is 387 g/mol. The van der Waals surface area contributed by atoms with Gasteiger partial charge in [-0.3, -0.25) is 9.89 Å². The molecule has 2 aromatic carbocycles. The van der Waals surface area contributed by atoms with E-state index in [1.807, 2.05) is 11.3 Å². The van der Waals surface area contributed by atoms with Crippen LogP contribution in [0.2, 0.25) is 0 Å². The van der Waals surface area contributed by atoms with Crippen molar-refractivity contribution in [1.82, 2.24) is 4.90 Å². The second-order valence-electron chi connectivity index (χ2n) is 7.87. The molecule has 28 heavy (non-hydrogen) atoms. The van der Waals surface area contributed by atoms with Gasteiger partial charge >= 0.3 is 0 Å². The molecule has 4 heterocycles. The average Bonchev–Trinajstić information content (AvgIpc) is 3.29. The van der Waals surface area contributed by atoms with E-state index in [4.69, 9.17) is 4.99 Å². The van der Waals surface area contributed by atoms with E-state index in [2.05, 4.69) is 83.1 Å². The molecule has 3 aliphatic heterocycles. The van der Waals surface area contributed by atoms with Crippen LogP contribution < -0.4 is 0 Å². The molecular formula is C25H26N2S. The predicted molar refractivity (Wildman–Crippen MR) is 118 cm³/mol. The molecule has 3 fully saturated rings. The highest BCUT2D eigenvalue weighted by Crippen LogP contribution is 2.40. The van der Waals surface area contributed by atoms with Gasteiger partial charge in [0.1, 0.15) is 0 Å². The van der Waals surface area contributed by atoms with E-state index in [1.165, 1.54) is 47.6 Å². The summed E-state index contributed by atoms with van der Waals surface area (Å²) in [6.07, 6.45) is 2.52. The number of nitrogens with zero attached hydrogens (tertiary/aromatic N) is 2. The third-order valence-corrected chi connectivity index (χ3v) is 7.14. The molecule has 0 aliphatic carbocycles. The first-order chi connectivity index (χ1) is 13.9. The van der Waals surface area contributed by atoms with Crippen molar-refractivity contribution in [3.8, 4) is 0 Å². The van der Waals surface area contributed by atoms with Crippen molar-refractivity contribution in [2.75, 3.05) is 13.1 Å². The van der Waals surface area contributed by atoms with Gasteiger partial charge in [0.05, 0.1) is 12.6 Å². The summed E-state index contributed by atoms with van der Waals surface area (Å²) in [5.41, 5.74) is 4.23. The number of fused-ring (bicyclic) bond motifs is 3. The second kappa shape index (κ2) is 8.02. The SMILES string of the molecule is c1ccc(C(c2ccccc2)C2/C(=N/Cc3cccs3)C3CCN2CC3)cc1. The van der Waals surface area contributed by atoms with Crippen LogP contribution in [0.3, 0.4) is 0 Å². The van der Waals surface area contributed by atoms with E-state index in [-0.39, 0.29) is 0 Å². The maximum Gasteiger partial charge on any atom is 0.0732 e. The summed E-state index contributed by atoms with van der Waals surface area (Å²) >= 11 is 1.81. The van der Waals surface area contributed by atoms with Gasteiger partial charge in [-0.15, -0.1) is 11.3 Å². The molecule has 3 aromatic rings. The Kier molecular flexibility index (Phi) is 5.11. The van der Waals surface area contributed by atoms with Crippen molar-refractivity contribution in [3.05, 3.63) is 94.2 Å². The zero-order valence-electron chi connectivity index (χ0n) is 16.1. The van der Waals surface area contributed by atoms with Crippen LogP contribution in [0.5, 0.6) is 0 Å². The molecule has 0 spiro atoms. The first-order valence-electron chi connectivity index (χ1n) is 10.3. The van der Waals surface area contributed by atoms with Crippen molar-refractivity contribution in [2.24, 2.45) is 10.9 Å². The van der Waals surface area contributed by atoms with Crippen molar-refractivity contribution < 1.29 is 0 Å². The second-order valence-corrected chi connectivity index (χ2v) is 8.91. The van der Waals surface area contributed by atoms with Gasteiger partial charge in [-0.1, -0.05) is 66.7 Å². The minimum absolute atomic E-state index is 0.340. The molecule has 1 aromatic heterocycles. The highest BCUT2D eigenvalue weighted by atomic mass is 32.1. The van der Waals surface area contributed by atoms with Crippen LogP contribution >= 0.6 is 11.3 Å². The number of thiophene rings is 1. The lowest BCUT2D eigenvalue weighted by Gasteiger charge is -2.49.